The third-order valence-corrected chi connectivity index (χ3v) is 21.8. The topological polar surface area (TPSA) is 816 Å². The van der Waals surface area contributed by atoms with Crippen molar-refractivity contribution >= 4 is 142 Å². The van der Waals surface area contributed by atoms with Crippen LogP contribution in [-0.4, -0.2) is 339 Å². The number of aliphatic hydroxyl groups is 4. The van der Waals surface area contributed by atoms with Crippen LogP contribution in [0.2, 0.25) is 0 Å². The molecule has 758 valence electrons. The van der Waals surface area contributed by atoms with E-state index in [1.54, 1.807) is 26.4 Å². The summed E-state index contributed by atoms with van der Waals surface area (Å²) in [6, 6.07) is -18.7. The normalized spacial score (nSPS) is 15.4. The number of guanidine groups is 1. The predicted octanol–water partition coefficient (Wildman–Crippen LogP) is -9.05. The van der Waals surface area contributed by atoms with Gasteiger partial charge in [0.05, 0.1) is 56.7 Å². The number of nitrogens with one attached hydrogen (secondary N) is 21. The van der Waals surface area contributed by atoms with Crippen molar-refractivity contribution in [2.24, 2.45) is 29.2 Å². The standard InChI is InChI=1S/C83H133N25O26S2/c1-38(2)27-54(99-72(123)52(22-25-135-12)96-68(119)41(7)94-70(121)50(15-14-24-89-83(85)86)95-59(115)34-91-76(127)64(42(8)109)103-58(114)31-84)69(120)90-35-60(116)104-65(43(9)110)79(130)101-56(29-47-32-87-36-92-47)75(126)107-66(44(10)111)80(131)98-53(23-26-136-13)71(122)97-51(20-21-61(117)118)73(124)105-63(40(5)6)78(129)108-67(45(11)112)81(132)106-62(39(3)4)77(128)100-55(28-46-16-18-49(113)19-17-46)74(125)102-57(82(133)134)30-48-33-88-37-93-48/h16-19,32-33,36-45,50-57,62-67,109-113H,14-15,20-31,34-35,84H2,1-13H3,(H,87,92)(H,88,93)(H,90,120)(H,91,127)(H,94,121)(H,95,115)(H,96,119)(H,97,122)(H,98,131)(H,99,123)(H,100,128)(H,101,130)(H,102,125)(H,103,114)(H,104,116)(H,105,124)(H,106,132)(H,107,126)(H,108,129)(H,117,118)(H,133,134)(H4,85,86,89)/t41-,42+,43+,44+,45+,50-,51-,52-,53-,54-,55-,56-,57-,62-,63-,64-,65-,66-,67-/m0/s1. The second-order valence-electron chi connectivity index (χ2n) is 33.3. The van der Waals surface area contributed by atoms with Crippen molar-refractivity contribution in [1.82, 2.24) is 116 Å². The van der Waals surface area contributed by atoms with Gasteiger partial charge in [0.1, 0.15) is 96.4 Å². The number of phenols is 1. The summed E-state index contributed by atoms with van der Waals surface area (Å²) >= 11 is 2.48. The molecule has 53 heteroatoms. The largest absolute Gasteiger partial charge is 0.508 e. The molecule has 51 nitrogen and oxygen atoms in total. The molecule has 136 heavy (non-hydrogen) atoms. The molecule has 0 aliphatic rings. The molecule has 0 spiro atoms. The van der Waals surface area contributed by atoms with E-state index in [2.05, 4.69) is 116 Å². The van der Waals surface area contributed by atoms with Crippen molar-refractivity contribution in [3.63, 3.8) is 0 Å². The Morgan fingerprint density at radius 3 is 1.22 bits per heavy atom. The number of H-pyrrole nitrogens is 2. The molecule has 0 fully saturated rings. The number of thioether (sulfide) groups is 2. The van der Waals surface area contributed by atoms with Crippen LogP contribution in [0.3, 0.4) is 0 Å². The number of nitrogens with zero attached hydrogens (tertiary/aromatic N) is 2. The van der Waals surface area contributed by atoms with Crippen LogP contribution < -0.4 is 107 Å². The molecule has 3 rings (SSSR count). The number of phenolic OH excluding ortho intramolecular Hbond substituents is 1. The average Bonchev–Trinajstić information content (AvgIpc) is 1.77. The van der Waals surface area contributed by atoms with Gasteiger partial charge >= 0.3 is 11.9 Å². The highest BCUT2D eigenvalue weighted by molar-refractivity contribution is 7.98. The van der Waals surface area contributed by atoms with Crippen molar-refractivity contribution in [3.05, 3.63) is 66.3 Å². The third kappa shape index (κ3) is 42.4. The summed E-state index contributed by atoms with van der Waals surface area (Å²) in [7, 11) is 0. The van der Waals surface area contributed by atoms with Gasteiger partial charge in [-0.2, -0.15) is 23.5 Å². The smallest absolute Gasteiger partial charge is 0.326 e. The summed E-state index contributed by atoms with van der Waals surface area (Å²) in [4.78, 5) is 274. The van der Waals surface area contributed by atoms with E-state index in [1.165, 1.54) is 114 Å². The third-order valence-electron chi connectivity index (χ3n) is 20.5. The number of aromatic hydroxyl groups is 1. The van der Waals surface area contributed by atoms with E-state index in [9.17, 15) is 127 Å². The number of hydrogen-bond donors (Lipinski definition) is 30. The molecule has 0 unspecified atom stereocenters. The molecule has 32 N–H and O–H groups in total. The zero-order valence-corrected chi connectivity index (χ0v) is 79.5. The van der Waals surface area contributed by atoms with Gasteiger partial charge in [-0.15, -0.1) is 0 Å². The lowest BCUT2D eigenvalue weighted by Gasteiger charge is -2.30. The van der Waals surface area contributed by atoms with Crippen molar-refractivity contribution in [3.8, 4) is 5.75 Å². The van der Waals surface area contributed by atoms with Crippen LogP contribution in [0.15, 0.2) is 49.3 Å². The van der Waals surface area contributed by atoms with E-state index in [-0.39, 0.29) is 80.4 Å². The Balaban J connectivity index is 1.82. The van der Waals surface area contributed by atoms with Crippen LogP contribution in [0.4, 0.5) is 0 Å². The number of carbonyl (C=O) groups excluding carboxylic acids is 17. The molecule has 3 aromatic rings. The maximum atomic E-state index is 14.5. The number of aromatic amines is 2. The van der Waals surface area contributed by atoms with Gasteiger partial charge < -0.3 is 153 Å². The van der Waals surface area contributed by atoms with Gasteiger partial charge in [0.25, 0.3) is 0 Å². The Morgan fingerprint density at radius 1 is 0.397 bits per heavy atom. The number of aliphatic hydroxyl groups excluding tert-OH is 4. The summed E-state index contributed by atoms with van der Waals surface area (Å²) in [5.74, 6) is -22.5. The van der Waals surface area contributed by atoms with E-state index >= 15 is 0 Å². The minimum atomic E-state index is -1.98. The quantitative estimate of drug-likeness (QED) is 0.0142. The first-order valence-electron chi connectivity index (χ1n) is 43.7. The second-order valence-corrected chi connectivity index (χ2v) is 35.3. The van der Waals surface area contributed by atoms with E-state index in [4.69, 9.17) is 16.9 Å². The number of amides is 17. The summed E-state index contributed by atoms with van der Waals surface area (Å²) in [5.41, 5.74) is 11.6. The Kier molecular flexibility index (Phi) is 51.6. The lowest BCUT2D eigenvalue weighted by molar-refractivity contribution is -0.142. The first-order valence-corrected chi connectivity index (χ1v) is 46.4. The molecular formula is C83H133N25O26S2. The van der Waals surface area contributed by atoms with Gasteiger partial charge in [-0.3, -0.25) is 91.7 Å². The van der Waals surface area contributed by atoms with Crippen molar-refractivity contribution in [2.75, 3.05) is 50.2 Å². The molecule has 0 aliphatic carbocycles. The van der Waals surface area contributed by atoms with E-state index in [0.29, 0.717) is 11.3 Å². The monoisotopic (exact) mass is 1960 g/mol. The molecule has 2 aromatic heterocycles. The fourth-order valence-electron chi connectivity index (χ4n) is 13.0. The Bertz CT molecular complexity index is 4490. The van der Waals surface area contributed by atoms with Gasteiger partial charge in [-0.25, -0.2) is 14.8 Å². The zero-order chi connectivity index (χ0) is 102. The molecule has 17 amide bonds. The molecule has 1 aromatic carbocycles. The number of nitrogens with two attached hydrogens (primary N) is 2. The van der Waals surface area contributed by atoms with Crippen molar-refractivity contribution in [1.29, 1.82) is 5.41 Å². The molecule has 0 radical (unpaired) electrons. The second kappa shape index (κ2) is 59.8. The summed E-state index contributed by atoms with van der Waals surface area (Å²) in [5, 5.41) is 124. The first-order chi connectivity index (χ1) is 63.9. The Hall–Kier alpha value is -12.9. The molecule has 0 saturated heterocycles. The number of imidazole rings is 2. The summed E-state index contributed by atoms with van der Waals surface area (Å²) in [6.07, 6.45) is -0.920. The van der Waals surface area contributed by atoms with Gasteiger partial charge in [0.2, 0.25) is 100 Å². The van der Waals surface area contributed by atoms with Gasteiger partial charge in [-0.05, 0) is 133 Å². The van der Waals surface area contributed by atoms with Gasteiger partial charge in [0, 0.05) is 56.0 Å². The highest BCUT2D eigenvalue weighted by Gasteiger charge is 2.41. The molecular weight excluding hydrogens is 1830 g/mol. The van der Waals surface area contributed by atoms with E-state index in [1.807, 2.05) is 0 Å². The van der Waals surface area contributed by atoms with Crippen LogP contribution in [-0.2, 0) is 110 Å². The fourth-order valence-corrected chi connectivity index (χ4v) is 13.9. The van der Waals surface area contributed by atoms with Crippen LogP contribution in [0, 0.1) is 23.2 Å². The van der Waals surface area contributed by atoms with Gasteiger partial charge in [-0.1, -0.05) is 53.7 Å². The van der Waals surface area contributed by atoms with Crippen LogP contribution >= 0.6 is 23.5 Å². The minimum Gasteiger partial charge on any atom is -0.508 e. The van der Waals surface area contributed by atoms with Crippen LogP contribution in [0.1, 0.15) is 138 Å². The maximum Gasteiger partial charge on any atom is 0.326 e. The number of aromatic nitrogens is 4. The lowest BCUT2D eigenvalue weighted by Crippen LogP contribution is -2.63. The first kappa shape index (κ1) is 117. The SMILES string of the molecule is CSCC[C@H](NC(=O)[C@H](C)NC(=O)[C@H](CCCNC(=N)N)NC(=O)CNC(=O)[C@@H](NC(=O)CN)[C@@H](C)O)C(=O)N[C@@H](CC(C)C)C(=O)NCC(=O)N[C@H](C(=O)N[C@@H](Cc1cnc[nH]1)C(=O)N[C@H](C(=O)N[C@@H](CCSC)C(=O)N[C@@H](CCC(=O)O)C(=O)N[C@H](C(=O)N[C@H](C(=O)N[C@H](C(=O)N[C@@H](Cc1ccc(O)cc1)C(=O)N[C@@H](Cc1cnc[nH]1)C(=O)O)C(C)C)[C@@H](C)O)C(C)C)[C@@H](C)O)[C@@H](C)O. The molecule has 0 aliphatic heterocycles. The Labute approximate surface area is 792 Å². The molecule has 0 saturated carbocycles. The molecule has 0 bridgehead atoms. The highest BCUT2D eigenvalue weighted by Crippen LogP contribution is 2.17. The van der Waals surface area contributed by atoms with E-state index in [0.717, 1.165) is 20.8 Å². The number of carboxylic acids is 2. The number of rotatable bonds is 62. The Morgan fingerprint density at radius 2 is 0.757 bits per heavy atom. The van der Waals surface area contributed by atoms with Crippen LogP contribution in [0.5, 0.6) is 5.75 Å². The predicted molar refractivity (Wildman–Crippen MR) is 492 cm³/mol. The van der Waals surface area contributed by atoms with Crippen molar-refractivity contribution in [2.45, 2.75) is 255 Å². The number of benzene rings is 1. The summed E-state index contributed by atoms with van der Waals surface area (Å²) in [6.45, 7) is 13.0. The maximum absolute atomic E-state index is 14.5. The fraction of sp³-hybridized carbons (Fsp3) is 0.614. The van der Waals surface area contributed by atoms with Crippen molar-refractivity contribution < 1.29 is 127 Å². The number of carbonyl (C=O) groups is 19. The van der Waals surface area contributed by atoms with Gasteiger partial charge in [0.15, 0.2) is 5.96 Å². The zero-order valence-electron chi connectivity index (χ0n) is 77.9. The molecule has 19 atom stereocenters. The van der Waals surface area contributed by atoms with E-state index < -0.39 is 284 Å². The highest BCUT2D eigenvalue weighted by atomic mass is 32.2. The minimum absolute atomic E-state index is 0.0276. The number of carboxylic acid groups (broad SMARTS) is 2. The average molecular weight is 1960 g/mol. The number of hydrogen-bond acceptors (Lipinski definition) is 30. The van der Waals surface area contributed by atoms with Crippen LogP contribution in [0.25, 0.3) is 0 Å². The molecule has 2 heterocycles. The lowest BCUT2D eigenvalue weighted by atomic mass is 9.99. The number of aliphatic carboxylic acids is 2. The summed E-state index contributed by atoms with van der Waals surface area (Å²) < 4.78 is 0.